The van der Waals surface area contributed by atoms with E-state index in [9.17, 15) is 0 Å². The number of halogens is 1. The Bertz CT molecular complexity index is 567. The maximum absolute atomic E-state index is 6.07. The second-order valence-corrected chi connectivity index (χ2v) is 10.2. The summed E-state index contributed by atoms with van der Waals surface area (Å²) in [5, 5.41) is 7.60. The van der Waals surface area contributed by atoms with Crippen LogP contribution in [0.4, 0.5) is 0 Å². The van der Waals surface area contributed by atoms with Crippen LogP contribution in [0.15, 0.2) is 4.99 Å². The fourth-order valence-electron chi connectivity index (χ4n) is 6.96. The third-order valence-electron chi connectivity index (χ3n) is 8.72. The number of nitrogens with one attached hydrogen (secondary N) is 2. The highest BCUT2D eigenvalue weighted by Gasteiger charge is 2.66. The molecule has 3 aliphatic carbocycles. The van der Waals surface area contributed by atoms with E-state index >= 15 is 0 Å². The van der Waals surface area contributed by atoms with E-state index in [-0.39, 0.29) is 24.0 Å². The van der Waals surface area contributed by atoms with E-state index < -0.39 is 0 Å². The molecule has 2 N–H and O–H groups in total. The van der Waals surface area contributed by atoms with E-state index in [1.807, 2.05) is 7.05 Å². The van der Waals surface area contributed by atoms with Crippen LogP contribution in [0.25, 0.3) is 0 Å². The van der Waals surface area contributed by atoms with Crippen LogP contribution in [0.3, 0.4) is 0 Å². The molecule has 166 valence electrons. The predicted molar refractivity (Wildman–Crippen MR) is 129 cm³/mol. The van der Waals surface area contributed by atoms with Crippen LogP contribution in [0.5, 0.6) is 0 Å². The lowest BCUT2D eigenvalue weighted by molar-refractivity contribution is -0.171. The number of ether oxygens (including phenoxy) is 1. The highest BCUT2D eigenvalue weighted by Crippen LogP contribution is 2.62. The predicted octanol–water partition coefficient (Wildman–Crippen LogP) is 3.77. The van der Waals surface area contributed by atoms with Crippen molar-refractivity contribution in [3.05, 3.63) is 0 Å². The van der Waals surface area contributed by atoms with Crippen molar-refractivity contribution in [2.45, 2.75) is 88.8 Å². The van der Waals surface area contributed by atoms with Gasteiger partial charge in [-0.15, -0.1) is 24.0 Å². The molecule has 5 rings (SSSR count). The van der Waals surface area contributed by atoms with Crippen molar-refractivity contribution in [3.8, 4) is 0 Å². The molecule has 6 heteroatoms. The van der Waals surface area contributed by atoms with E-state index in [0.29, 0.717) is 29.5 Å². The van der Waals surface area contributed by atoms with Crippen LogP contribution in [0, 0.1) is 17.3 Å². The lowest BCUT2D eigenvalue weighted by atomic mass is 9.46. The lowest BCUT2D eigenvalue weighted by Crippen LogP contribution is -2.72. The Hall–Kier alpha value is -0.0800. The minimum Gasteiger partial charge on any atom is -0.377 e. The summed E-state index contributed by atoms with van der Waals surface area (Å²) in [6, 6.07) is 1.15. The molecule has 2 aliphatic heterocycles. The maximum Gasteiger partial charge on any atom is 0.191 e. The summed E-state index contributed by atoms with van der Waals surface area (Å²) >= 11 is 0. The van der Waals surface area contributed by atoms with Crippen molar-refractivity contribution in [2.24, 2.45) is 22.2 Å². The molecular weight excluding hydrogens is 475 g/mol. The number of aliphatic imine (C=N–C) groups is 1. The van der Waals surface area contributed by atoms with Gasteiger partial charge in [-0.05, 0) is 50.9 Å². The minimum absolute atomic E-state index is 0. The number of hydrogen-bond donors (Lipinski definition) is 2. The Balaban J connectivity index is 0.00000205. The highest BCUT2D eigenvalue weighted by atomic mass is 127. The van der Waals surface area contributed by atoms with E-state index in [1.165, 1.54) is 90.3 Å². The monoisotopic (exact) mass is 516 g/mol. The first kappa shape index (κ1) is 22.1. The molecule has 2 saturated heterocycles. The van der Waals surface area contributed by atoms with Crippen LogP contribution in [-0.2, 0) is 4.74 Å². The third kappa shape index (κ3) is 4.32. The molecule has 0 aromatic carbocycles. The zero-order valence-corrected chi connectivity index (χ0v) is 20.5. The number of likely N-dealkylation sites (tertiary alicyclic amines) is 1. The fourth-order valence-corrected chi connectivity index (χ4v) is 6.96. The van der Waals surface area contributed by atoms with Gasteiger partial charge < -0.3 is 20.3 Å². The molecule has 0 aromatic heterocycles. The summed E-state index contributed by atoms with van der Waals surface area (Å²) < 4.78 is 6.07. The number of rotatable bonds is 4. The van der Waals surface area contributed by atoms with Gasteiger partial charge in [0.15, 0.2) is 5.96 Å². The van der Waals surface area contributed by atoms with Crippen molar-refractivity contribution in [2.75, 3.05) is 33.3 Å². The lowest BCUT2D eigenvalue weighted by Gasteiger charge is -2.63. The summed E-state index contributed by atoms with van der Waals surface area (Å²) in [7, 11) is 1.93. The fraction of sp³-hybridized carbons (Fsp3) is 0.957. The van der Waals surface area contributed by atoms with Crippen molar-refractivity contribution in [3.63, 3.8) is 0 Å². The number of fused-ring (bicyclic) bond motifs is 2. The first-order valence-corrected chi connectivity index (χ1v) is 12.1. The molecule has 5 nitrogen and oxygen atoms in total. The molecule has 5 fully saturated rings. The topological polar surface area (TPSA) is 48.9 Å². The van der Waals surface area contributed by atoms with E-state index in [2.05, 4.69) is 20.5 Å². The molecule has 0 aromatic rings. The van der Waals surface area contributed by atoms with Crippen LogP contribution in [0.2, 0.25) is 0 Å². The summed E-state index contributed by atoms with van der Waals surface area (Å²) in [5.41, 5.74) is 0.419. The van der Waals surface area contributed by atoms with Gasteiger partial charge >= 0.3 is 0 Å². The molecule has 3 unspecified atom stereocenters. The van der Waals surface area contributed by atoms with Gasteiger partial charge in [-0.1, -0.05) is 25.7 Å². The Labute approximate surface area is 194 Å². The quantitative estimate of drug-likeness (QED) is 0.340. The molecule has 5 aliphatic rings. The zero-order valence-electron chi connectivity index (χ0n) is 18.2. The summed E-state index contributed by atoms with van der Waals surface area (Å²) in [6.07, 6.45) is 15.6. The summed E-state index contributed by atoms with van der Waals surface area (Å²) in [6.45, 7) is 4.79. The SMILES string of the molecule is CN=C(NC1CCN(CC2CCCCC2)CC1)NC1C2CCOC2C12CCC2.I. The van der Waals surface area contributed by atoms with Gasteiger partial charge in [0, 0.05) is 56.7 Å². The molecule has 0 radical (unpaired) electrons. The summed E-state index contributed by atoms with van der Waals surface area (Å²) in [5.74, 6) is 2.70. The maximum atomic E-state index is 6.07. The Kier molecular flexibility index (Phi) is 7.32. The standard InChI is InChI=1S/C23H40N4O.HI/c1-24-22(26-20-19-10-15-28-21(19)23(20)11-5-12-23)25-18-8-13-27(14-9-18)16-17-6-3-2-4-7-17;/h17-21H,2-16H2,1H3,(H2,24,25,26);1H. The Morgan fingerprint density at radius 2 is 1.76 bits per heavy atom. The molecule has 2 heterocycles. The normalized spacial score (nSPS) is 35.3. The molecule has 29 heavy (non-hydrogen) atoms. The molecule has 0 bridgehead atoms. The largest absolute Gasteiger partial charge is 0.377 e. The number of piperidine rings is 1. The van der Waals surface area contributed by atoms with Gasteiger partial charge in [-0.2, -0.15) is 0 Å². The number of guanidine groups is 1. The summed E-state index contributed by atoms with van der Waals surface area (Å²) in [4.78, 5) is 7.32. The minimum atomic E-state index is 0. The van der Waals surface area contributed by atoms with Gasteiger partial charge in [-0.25, -0.2) is 0 Å². The molecule has 1 spiro atoms. The van der Waals surface area contributed by atoms with E-state index in [4.69, 9.17) is 4.74 Å². The first-order chi connectivity index (χ1) is 13.8. The van der Waals surface area contributed by atoms with Crippen LogP contribution >= 0.6 is 24.0 Å². The molecule has 3 atom stereocenters. The van der Waals surface area contributed by atoms with Crippen LogP contribution in [-0.4, -0.2) is 62.3 Å². The van der Waals surface area contributed by atoms with Crippen LogP contribution in [0.1, 0.15) is 70.6 Å². The smallest absolute Gasteiger partial charge is 0.191 e. The Morgan fingerprint density at radius 1 is 1.00 bits per heavy atom. The number of hydrogen-bond acceptors (Lipinski definition) is 3. The van der Waals surface area contributed by atoms with Gasteiger partial charge in [0.05, 0.1) is 6.10 Å². The average molecular weight is 517 g/mol. The second-order valence-electron chi connectivity index (χ2n) is 10.2. The van der Waals surface area contributed by atoms with Crippen molar-refractivity contribution >= 4 is 29.9 Å². The van der Waals surface area contributed by atoms with Gasteiger partial charge in [-0.3, -0.25) is 4.99 Å². The Morgan fingerprint density at radius 3 is 2.41 bits per heavy atom. The van der Waals surface area contributed by atoms with Gasteiger partial charge in [0.2, 0.25) is 0 Å². The van der Waals surface area contributed by atoms with Gasteiger partial charge in [0.1, 0.15) is 0 Å². The second kappa shape index (κ2) is 9.60. The zero-order chi connectivity index (χ0) is 19.0. The molecule has 3 saturated carbocycles. The van der Waals surface area contributed by atoms with Crippen LogP contribution < -0.4 is 10.6 Å². The van der Waals surface area contributed by atoms with Crippen molar-refractivity contribution in [1.29, 1.82) is 0 Å². The van der Waals surface area contributed by atoms with Gasteiger partial charge in [0.25, 0.3) is 0 Å². The van der Waals surface area contributed by atoms with Crippen molar-refractivity contribution < 1.29 is 4.74 Å². The average Bonchev–Trinajstić information content (AvgIpc) is 3.11. The van der Waals surface area contributed by atoms with Crippen molar-refractivity contribution in [1.82, 2.24) is 15.5 Å². The molecular formula is C23H41IN4O. The molecule has 0 amide bonds. The number of nitrogens with zero attached hydrogens (tertiary/aromatic N) is 2. The first-order valence-electron chi connectivity index (χ1n) is 12.1. The highest BCUT2D eigenvalue weighted by molar-refractivity contribution is 14.0. The third-order valence-corrected chi connectivity index (χ3v) is 8.72. The van der Waals surface area contributed by atoms with E-state index in [0.717, 1.165) is 18.5 Å². The van der Waals surface area contributed by atoms with E-state index in [1.54, 1.807) is 0 Å².